The van der Waals surface area contributed by atoms with Crippen molar-refractivity contribution >= 4 is 5.69 Å². The molecule has 1 aromatic heterocycles. The van der Waals surface area contributed by atoms with E-state index in [9.17, 15) is 15.2 Å². The molecule has 0 unspecified atom stereocenters. The number of aliphatic hydroxyl groups is 1. The molecule has 1 heterocycles. The smallest absolute Gasteiger partial charge is 0.269 e. The standard InChI is InChI=1S/C28H30N2O5/c1-27-13-11-22-21-10-8-20(34-2)15-18(21)5-9-23(22)24(27)12-14-28(27,31)26-16-25(29-35-26)17-3-6-19(7-4-17)30(32)33/h3-4,6-8,10,15-16,22-24,31H,5,9,11-14H2,1-2H3/t22-,23-,24+,27+,28-/m1/s1. The second kappa shape index (κ2) is 7.92. The summed E-state index contributed by atoms with van der Waals surface area (Å²) >= 11 is 0. The van der Waals surface area contributed by atoms with Gasteiger partial charge in [-0.3, -0.25) is 10.1 Å². The van der Waals surface area contributed by atoms with Gasteiger partial charge in [-0.25, -0.2) is 0 Å². The molecule has 5 atom stereocenters. The highest BCUT2D eigenvalue weighted by Crippen LogP contribution is 2.67. The number of benzene rings is 2. The van der Waals surface area contributed by atoms with Crippen molar-refractivity contribution in [3.05, 3.63) is 75.5 Å². The number of non-ortho nitro benzene ring substituents is 1. The number of fused-ring (bicyclic) bond motifs is 5. The summed E-state index contributed by atoms with van der Waals surface area (Å²) in [5, 5.41) is 27.3. The Balaban J connectivity index is 1.29. The van der Waals surface area contributed by atoms with Crippen LogP contribution in [0.1, 0.15) is 61.8 Å². The van der Waals surface area contributed by atoms with Crippen LogP contribution in [-0.4, -0.2) is 22.3 Å². The monoisotopic (exact) mass is 474 g/mol. The molecule has 3 aliphatic rings. The number of nitro benzene ring substituents is 1. The van der Waals surface area contributed by atoms with Gasteiger partial charge in [-0.05, 0) is 91.7 Å². The van der Waals surface area contributed by atoms with Crippen molar-refractivity contribution in [3.8, 4) is 17.0 Å². The van der Waals surface area contributed by atoms with Crippen LogP contribution < -0.4 is 4.74 Å². The summed E-state index contributed by atoms with van der Waals surface area (Å²) in [7, 11) is 1.72. The Hall–Kier alpha value is -3.19. The van der Waals surface area contributed by atoms with Gasteiger partial charge in [-0.2, -0.15) is 0 Å². The molecule has 6 rings (SSSR count). The molecule has 7 heteroatoms. The fourth-order valence-corrected chi connectivity index (χ4v) is 7.47. The van der Waals surface area contributed by atoms with Crippen LogP contribution in [0, 0.1) is 27.4 Å². The maximum atomic E-state index is 12.1. The van der Waals surface area contributed by atoms with E-state index in [2.05, 4.69) is 30.3 Å². The summed E-state index contributed by atoms with van der Waals surface area (Å²) in [5.74, 6) is 2.91. The highest BCUT2D eigenvalue weighted by Gasteiger charge is 2.63. The van der Waals surface area contributed by atoms with Crippen molar-refractivity contribution in [3.63, 3.8) is 0 Å². The van der Waals surface area contributed by atoms with Crippen LogP contribution in [0.2, 0.25) is 0 Å². The van der Waals surface area contributed by atoms with E-state index < -0.39 is 10.5 Å². The Morgan fingerprint density at radius 1 is 1.11 bits per heavy atom. The van der Waals surface area contributed by atoms with Crippen LogP contribution in [0.15, 0.2) is 53.1 Å². The molecule has 0 bridgehead atoms. The number of aromatic nitrogens is 1. The van der Waals surface area contributed by atoms with E-state index in [1.807, 2.05) is 6.07 Å². The Kier molecular flexibility index (Phi) is 5.04. The van der Waals surface area contributed by atoms with E-state index in [0.717, 1.165) is 43.4 Å². The Morgan fingerprint density at radius 3 is 2.66 bits per heavy atom. The van der Waals surface area contributed by atoms with Gasteiger partial charge in [0.1, 0.15) is 17.0 Å². The molecule has 3 aromatic rings. The maximum absolute atomic E-state index is 12.1. The third-order valence-electron chi connectivity index (χ3n) is 9.38. The van der Waals surface area contributed by atoms with Crippen molar-refractivity contribution in [1.82, 2.24) is 5.16 Å². The number of methoxy groups -OCH3 is 1. The van der Waals surface area contributed by atoms with Gasteiger partial charge in [-0.15, -0.1) is 0 Å². The first kappa shape index (κ1) is 22.3. The lowest BCUT2D eigenvalue weighted by molar-refractivity contribution is -0.384. The quantitative estimate of drug-likeness (QED) is 0.368. The zero-order valence-corrected chi connectivity index (χ0v) is 20.1. The summed E-state index contributed by atoms with van der Waals surface area (Å²) in [6, 6.07) is 14.6. The molecule has 0 saturated heterocycles. The average Bonchev–Trinajstić information content (AvgIpc) is 3.47. The minimum atomic E-state index is -1.07. The molecule has 2 aromatic carbocycles. The number of rotatable bonds is 4. The SMILES string of the molecule is COc1ccc2c(c1)CC[C@@H]1[C@@H]2CC[C@@]2(C)[C@H]1CC[C@@]2(O)c1cc(-c2ccc([N+](=O)[O-])cc2)no1. The first-order chi connectivity index (χ1) is 16.8. The molecular formula is C28H30N2O5. The molecule has 0 amide bonds. The third kappa shape index (κ3) is 3.24. The van der Waals surface area contributed by atoms with E-state index in [1.165, 1.54) is 23.3 Å². The summed E-state index contributed by atoms with van der Waals surface area (Å²) in [6.45, 7) is 2.23. The van der Waals surface area contributed by atoms with Crippen LogP contribution in [0.3, 0.4) is 0 Å². The topological polar surface area (TPSA) is 98.6 Å². The minimum absolute atomic E-state index is 0.0338. The van der Waals surface area contributed by atoms with Crippen molar-refractivity contribution in [1.29, 1.82) is 0 Å². The predicted octanol–water partition coefficient (Wildman–Crippen LogP) is 6.00. The van der Waals surface area contributed by atoms with E-state index >= 15 is 0 Å². The molecule has 0 aliphatic heterocycles. The van der Waals surface area contributed by atoms with Crippen LogP contribution in [0.5, 0.6) is 5.75 Å². The molecule has 1 N–H and O–H groups in total. The number of hydrogen-bond acceptors (Lipinski definition) is 6. The zero-order valence-electron chi connectivity index (χ0n) is 20.1. The van der Waals surface area contributed by atoms with Crippen LogP contribution in [-0.2, 0) is 12.0 Å². The lowest BCUT2D eigenvalue weighted by atomic mass is 9.53. The number of hydrogen-bond donors (Lipinski definition) is 1. The van der Waals surface area contributed by atoms with Crippen molar-refractivity contribution in [2.24, 2.45) is 17.3 Å². The molecule has 0 spiro atoms. The minimum Gasteiger partial charge on any atom is -0.497 e. The van der Waals surface area contributed by atoms with Crippen molar-refractivity contribution in [2.75, 3.05) is 7.11 Å². The molecule has 0 radical (unpaired) electrons. The fraction of sp³-hybridized carbons (Fsp3) is 0.464. The molecule has 7 nitrogen and oxygen atoms in total. The van der Waals surface area contributed by atoms with Gasteiger partial charge in [0.05, 0.1) is 12.0 Å². The Bertz CT molecular complexity index is 1280. The second-order valence-corrected chi connectivity index (χ2v) is 10.7. The highest BCUT2D eigenvalue weighted by molar-refractivity contribution is 5.61. The molecule has 3 aliphatic carbocycles. The van der Waals surface area contributed by atoms with Gasteiger partial charge in [0, 0.05) is 29.2 Å². The first-order valence-corrected chi connectivity index (χ1v) is 12.5. The number of nitro groups is 1. The van der Waals surface area contributed by atoms with Crippen LogP contribution in [0.25, 0.3) is 11.3 Å². The van der Waals surface area contributed by atoms with E-state index in [1.54, 1.807) is 19.2 Å². The summed E-state index contributed by atoms with van der Waals surface area (Å²) in [5.41, 5.74) is 2.86. The average molecular weight is 475 g/mol. The maximum Gasteiger partial charge on any atom is 0.269 e. The van der Waals surface area contributed by atoms with E-state index in [0.29, 0.717) is 35.6 Å². The van der Waals surface area contributed by atoms with E-state index in [-0.39, 0.29) is 11.1 Å². The normalized spacial score (nSPS) is 31.3. The van der Waals surface area contributed by atoms with Gasteiger partial charge in [0.25, 0.3) is 5.69 Å². The predicted molar refractivity (Wildman–Crippen MR) is 130 cm³/mol. The van der Waals surface area contributed by atoms with Gasteiger partial charge in [0.2, 0.25) is 0 Å². The van der Waals surface area contributed by atoms with Gasteiger partial charge >= 0.3 is 0 Å². The highest BCUT2D eigenvalue weighted by atomic mass is 16.6. The van der Waals surface area contributed by atoms with Crippen molar-refractivity contribution in [2.45, 2.75) is 57.0 Å². The lowest BCUT2D eigenvalue weighted by Gasteiger charge is -2.52. The first-order valence-electron chi connectivity index (χ1n) is 12.5. The molecular weight excluding hydrogens is 444 g/mol. The number of ether oxygens (including phenoxy) is 1. The zero-order chi connectivity index (χ0) is 24.4. The van der Waals surface area contributed by atoms with Crippen molar-refractivity contribution < 1.29 is 19.3 Å². The second-order valence-electron chi connectivity index (χ2n) is 10.7. The molecule has 2 fully saturated rings. The molecule has 2 saturated carbocycles. The van der Waals surface area contributed by atoms with Gasteiger partial charge < -0.3 is 14.4 Å². The third-order valence-corrected chi connectivity index (χ3v) is 9.38. The molecule has 182 valence electrons. The Labute approximate surface area is 204 Å². The summed E-state index contributed by atoms with van der Waals surface area (Å²) in [4.78, 5) is 10.5. The lowest BCUT2D eigenvalue weighted by Crippen LogP contribution is -2.49. The number of nitrogens with zero attached hydrogens (tertiary/aromatic N) is 2. The fourth-order valence-electron chi connectivity index (χ4n) is 7.47. The Morgan fingerprint density at radius 2 is 1.91 bits per heavy atom. The summed E-state index contributed by atoms with van der Waals surface area (Å²) < 4.78 is 11.2. The van der Waals surface area contributed by atoms with Crippen LogP contribution in [0.4, 0.5) is 5.69 Å². The molecule has 35 heavy (non-hydrogen) atoms. The van der Waals surface area contributed by atoms with E-state index in [4.69, 9.17) is 9.26 Å². The summed E-state index contributed by atoms with van der Waals surface area (Å²) in [6.07, 6.45) is 5.77. The van der Waals surface area contributed by atoms with Gasteiger partial charge in [0.15, 0.2) is 5.76 Å². The number of aryl methyl sites for hydroxylation is 1. The largest absolute Gasteiger partial charge is 0.497 e. The van der Waals surface area contributed by atoms with Crippen LogP contribution >= 0.6 is 0 Å². The van der Waals surface area contributed by atoms with Gasteiger partial charge in [-0.1, -0.05) is 18.1 Å².